The molecule has 0 saturated carbocycles. The third-order valence-corrected chi connectivity index (χ3v) is 4.75. The van der Waals surface area contributed by atoms with Gasteiger partial charge in [-0.15, -0.1) is 0 Å². The van der Waals surface area contributed by atoms with Gasteiger partial charge in [0, 0.05) is 0 Å². The quantitative estimate of drug-likeness (QED) is 0.924. The summed E-state index contributed by atoms with van der Waals surface area (Å²) < 4.78 is 5.72. The molecule has 78 valence electrons. The van der Waals surface area contributed by atoms with E-state index in [-0.39, 0.29) is 0 Å². The highest BCUT2D eigenvalue weighted by molar-refractivity contribution is 9.10. The number of nitrogen functional groups attached to an aromatic ring is 1. The maximum absolute atomic E-state index is 5.74. The molecule has 2 heterocycles. The monoisotopic (exact) mass is 302 g/mol. The highest BCUT2D eigenvalue weighted by Gasteiger charge is 2.10. The van der Waals surface area contributed by atoms with Crippen LogP contribution in [0.15, 0.2) is 26.4 Å². The van der Waals surface area contributed by atoms with Gasteiger partial charge in [0.25, 0.3) is 0 Å². The van der Waals surface area contributed by atoms with E-state index in [1.807, 2.05) is 6.92 Å². The summed E-state index contributed by atoms with van der Waals surface area (Å²) in [5.41, 5.74) is 7.42. The van der Waals surface area contributed by atoms with Gasteiger partial charge < -0.3 is 5.73 Å². The van der Waals surface area contributed by atoms with Crippen molar-refractivity contribution < 1.29 is 0 Å². The minimum absolute atomic E-state index is 0.684. The molecule has 0 aliphatic rings. The van der Waals surface area contributed by atoms with E-state index >= 15 is 0 Å². The molecule has 0 bridgehead atoms. The zero-order valence-electron chi connectivity index (χ0n) is 7.77. The van der Waals surface area contributed by atoms with Gasteiger partial charge in [-0.2, -0.15) is 4.37 Å². The molecule has 4 nitrogen and oxygen atoms in total. The molecule has 2 N–H and O–H groups in total. The van der Waals surface area contributed by atoms with E-state index in [4.69, 9.17) is 5.73 Å². The van der Waals surface area contributed by atoms with Gasteiger partial charge in [0.2, 0.25) is 0 Å². The van der Waals surface area contributed by atoms with E-state index in [0.29, 0.717) is 5.69 Å². The predicted octanol–water partition coefficient (Wildman–Crippen LogP) is 2.74. The predicted molar refractivity (Wildman–Crippen MR) is 65.1 cm³/mol. The Morgan fingerprint density at radius 3 is 2.93 bits per heavy atom. The molecule has 7 heteroatoms. The van der Waals surface area contributed by atoms with E-state index < -0.39 is 0 Å². The Kier molecular flexibility index (Phi) is 3.22. The summed E-state index contributed by atoms with van der Waals surface area (Å²) in [6.45, 7) is 1.95. The lowest BCUT2D eigenvalue weighted by Gasteiger charge is -2.05. The van der Waals surface area contributed by atoms with Crippen molar-refractivity contribution in [2.24, 2.45) is 0 Å². The van der Waals surface area contributed by atoms with Crippen LogP contribution in [0.2, 0.25) is 0 Å². The van der Waals surface area contributed by atoms with Crippen LogP contribution < -0.4 is 5.73 Å². The van der Waals surface area contributed by atoms with Crippen molar-refractivity contribution in [1.82, 2.24) is 14.3 Å². The van der Waals surface area contributed by atoms with Gasteiger partial charge in [-0.25, -0.2) is 9.97 Å². The summed E-state index contributed by atoms with van der Waals surface area (Å²) in [6.07, 6.45) is 3.19. The van der Waals surface area contributed by atoms with E-state index in [9.17, 15) is 0 Å². The normalized spacial score (nSPS) is 10.5. The van der Waals surface area contributed by atoms with Gasteiger partial charge in [-0.3, -0.25) is 0 Å². The average Bonchev–Trinajstić information content (AvgIpc) is 2.72. The van der Waals surface area contributed by atoms with E-state index in [0.717, 1.165) is 19.4 Å². The first-order valence-electron chi connectivity index (χ1n) is 4.03. The lowest BCUT2D eigenvalue weighted by Crippen LogP contribution is -1.94. The van der Waals surface area contributed by atoms with Crippen LogP contribution in [0, 0.1) is 6.92 Å². The smallest absolute Gasteiger partial charge is 0.176 e. The number of hydrogen-bond acceptors (Lipinski definition) is 6. The van der Waals surface area contributed by atoms with Crippen molar-refractivity contribution in [1.29, 1.82) is 0 Å². The molecular formula is C8H7BrN4S2. The van der Waals surface area contributed by atoms with E-state index in [1.54, 1.807) is 6.20 Å². The number of hydrogen-bond donors (Lipinski definition) is 1. The van der Waals surface area contributed by atoms with Crippen LogP contribution in [0.1, 0.15) is 5.56 Å². The Morgan fingerprint density at radius 1 is 1.47 bits per heavy atom. The van der Waals surface area contributed by atoms with Crippen molar-refractivity contribution >= 4 is 44.9 Å². The van der Waals surface area contributed by atoms with Crippen molar-refractivity contribution in [3.63, 3.8) is 0 Å². The second-order valence-corrected chi connectivity index (χ2v) is 5.58. The molecule has 0 spiro atoms. The molecule has 0 unspecified atom stereocenters. The van der Waals surface area contributed by atoms with Crippen molar-refractivity contribution in [3.05, 3.63) is 22.6 Å². The Labute approximate surface area is 104 Å². The Bertz CT molecular complexity index is 472. The first kappa shape index (κ1) is 10.8. The highest BCUT2D eigenvalue weighted by atomic mass is 79.9. The number of aromatic nitrogens is 3. The SMILES string of the molecule is Cc1c(N)cnc(Sc2ncns2)c1Br. The molecule has 0 aliphatic carbocycles. The molecule has 0 fully saturated rings. The molecular weight excluding hydrogens is 296 g/mol. The molecule has 0 aromatic carbocycles. The second kappa shape index (κ2) is 4.46. The molecule has 0 radical (unpaired) electrons. The van der Waals surface area contributed by atoms with Crippen molar-refractivity contribution in [2.45, 2.75) is 16.3 Å². The largest absolute Gasteiger partial charge is 0.397 e. The molecule has 2 aromatic heterocycles. The maximum Gasteiger partial charge on any atom is 0.176 e. The van der Waals surface area contributed by atoms with Gasteiger partial charge in [-0.05, 0) is 51.7 Å². The summed E-state index contributed by atoms with van der Waals surface area (Å²) in [5, 5.41) is 0.860. The molecule has 2 rings (SSSR count). The van der Waals surface area contributed by atoms with E-state index in [1.165, 1.54) is 29.6 Å². The number of nitrogens with zero attached hydrogens (tertiary/aromatic N) is 3. The summed E-state index contributed by atoms with van der Waals surface area (Å²) in [7, 11) is 0. The van der Waals surface area contributed by atoms with Gasteiger partial charge in [0.15, 0.2) is 4.34 Å². The Morgan fingerprint density at radius 2 is 2.27 bits per heavy atom. The van der Waals surface area contributed by atoms with Crippen LogP contribution in [-0.2, 0) is 0 Å². The minimum Gasteiger partial charge on any atom is -0.397 e. The Balaban J connectivity index is 2.34. The second-order valence-electron chi connectivity index (χ2n) is 2.77. The van der Waals surface area contributed by atoms with Crippen molar-refractivity contribution in [3.8, 4) is 0 Å². The Hall–Kier alpha value is -0.660. The number of anilines is 1. The fraction of sp³-hybridized carbons (Fsp3) is 0.125. The number of rotatable bonds is 2. The topological polar surface area (TPSA) is 64.7 Å². The van der Waals surface area contributed by atoms with Gasteiger partial charge in [0.05, 0.1) is 16.4 Å². The van der Waals surface area contributed by atoms with Crippen LogP contribution >= 0.6 is 39.2 Å². The highest BCUT2D eigenvalue weighted by Crippen LogP contribution is 2.35. The van der Waals surface area contributed by atoms with Crippen LogP contribution in [0.4, 0.5) is 5.69 Å². The molecule has 0 aliphatic heterocycles. The van der Waals surface area contributed by atoms with Crippen LogP contribution in [0.5, 0.6) is 0 Å². The summed E-state index contributed by atoms with van der Waals surface area (Å²) in [6, 6.07) is 0. The van der Waals surface area contributed by atoms with Gasteiger partial charge in [0.1, 0.15) is 11.4 Å². The average molecular weight is 303 g/mol. The van der Waals surface area contributed by atoms with Crippen LogP contribution in [0.25, 0.3) is 0 Å². The lowest BCUT2D eigenvalue weighted by atomic mass is 10.3. The third-order valence-electron chi connectivity index (χ3n) is 1.80. The first-order chi connectivity index (χ1) is 7.18. The lowest BCUT2D eigenvalue weighted by molar-refractivity contribution is 1.08. The summed E-state index contributed by atoms with van der Waals surface area (Å²) in [5.74, 6) is 0. The zero-order valence-corrected chi connectivity index (χ0v) is 11.0. The van der Waals surface area contributed by atoms with Gasteiger partial charge in [-0.1, -0.05) is 0 Å². The number of halogens is 1. The number of nitrogens with two attached hydrogens (primary N) is 1. The van der Waals surface area contributed by atoms with E-state index in [2.05, 4.69) is 30.3 Å². The summed E-state index contributed by atoms with van der Waals surface area (Å²) >= 11 is 6.29. The fourth-order valence-electron chi connectivity index (χ4n) is 0.931. The minimum atomic E-state index is 0.684. The molecule has 15 heavy (non-hydrogen) atoms. The van der Waals surface area contributed by atoms with Gasteiger partial charge >= 0.3 is 0 Å². The molecule has 0 atom stereocenters. The zero-order chi connectivity index (χ0) is 10.8. The molecule has 0 amide bonds. The maximum atomic E-state index is 5.74. The molecule has 2 aromatic rings. The van der Waals surface area contributed by atoms with Crippen molar-refractivity contribution in [2.75, 3.05) is 5.73 Å². The first-order valence-corrected chi connectivity index (χ1v) is 6.42. The van der Waals surface area contributed by atoms with Crippen LogP contribution in [0.3, 0.4) is 0 Å². The third kappa shape index (κ3) is 2.30. The summed E-state index contributed by atoms with van der Waals surface area (Å²) in [4.78, 5) is 8.33. The number of pyridine rings is 1. The standard InChI is InChI=1S/C8H7BrN4S2/c1-4-5(10)2-11-7(6(4)9)14-8-12-3-13-15-8/h2-3H,10H2,1H3. The molecule has 0 saturated heterocycles. The fourth-order valence-corrected chi connectivity index (χ4v) is 2.91. The van der Waals surface area contributed by atoms with Crippen LogP contribution in [-0.4, -0.2) is 14.3 Å².